The summed E-state index contributed by atoms with van der Waals surface area (Å²) in [5, 5.41) is 7.43. The van der Waals surface area contributed by atoms with Gasteiger partial charge in [-0.15, -0.1) is 10.1 Å². The SMILES string of the molecule is O=[N+]([O-])OS(=O)(=O)O.[Mn]. The molecule has 0 aromatic heterocycles. The van der Waals surface area contributed by atoms with Crippen molar-refractivity contribution < 1.29 is 39.4 Å². The van der Waals surface area contributed by atoms with Gasteiger partial charge in [0.15, 0.2) is 0 Å². The zero-order chi connectivity index (χ0) is 6.78. The molecule has 0 spiro atoms. The predicted molar refractivity (Wildman–Crippen MR) is 19.6 cm³/mol. The van der Waals surface area contributed by atoms with Gasteiger partial charge in [-0.2, -0.15) is 12.7 Å². The van der Waals surface area contributed by atoms with Crippen LogP contribution in [0, 0.1) is 10.1 Å². The molecule has 0 unspecified atom stereocenters. The Hall–Kier alpha value is -0.371. The van der Waals surface area contributed by atoms with Crippen LogP contribution >= 0.6 is 0 Å². The Morgan fingerprint density at radius 3 is 1.89 bits per heavy atom. The first-order valence-electron chi connectivity index (χ1n) is 1.23. The van der Waals surface area contributed by atoms with Crippen LogP contribution in [0.3, 0.4) is 0 Å². The Bertz CT molecular complexity index is 179. The third-order valence-electron chi connectivity index (χ3n) is 0.155. The predicted octanol–water partition coefficient (Wildman–Crippen LogP) is -1.00. The minimum Gasteiger partial charge on any atom is -0.265 e. The summed E-state index contributed by atoms with van der Waals surface area (Å²) in [5.41, 5.74) is 0. The van der Waals surface area contributed by atoms with Crippen LogP contribution in [0.4, 0.5) is 0 Å². The van der Waals surface area contributed by atoms with Crippen molar-refractivity contribution in [3.63, 3.8) is 0 Å². The fourth-order valence-corrected chi connectivity index (χ4v) is 0.231. The van der Waals surface area contributed by atoms with E-state index in [0.29, 0.717) is 0 Å². The Balaban J connectivity index is 0. The van der Waals surface area contributed by atoms with Crippen LogP contribution < -0.4 is 0 Å². The molecule has 0 aliphatic rings. The summed E-state index contributed by atoms with van der Waals surface area (Å²) in [7, 11) is -4.92. The van der Waals surface area contributed by atoms with Crippen molar-refractivity contribution in [1.82, 2.24) is 0 Å². The molecule has 0 fully saturated rings. The number of rotatable bonds is 2. The molecule has 0 amide bonds. The first-order valence-corrected chi connectivity index (χ1v) is 2.60. The average Bonchev–Trinajstić information content (AvgIpc) is 1.21. The van der Waals surface area contributed by atoms with E-state index in [1.807, 2.05) is 0 Å². The van der Waals surface area contributed by atoms with E-state index in [9.17, 15) is 8.42 Å². The zero-order valence-corrected chi connectivity index (χ0v) is 5.72. The van der Waals surface area contributed by atoms with Crippen molar-refractivity contribution in [2.75, 3.05) is 0 Å². The van der Waals surface area contributed by atoms with Gasteiger partial charge in [0.2, 0.25) is 0 Å². The Labute approximate surface area is 60.5 Å². The summed E-state index contributed by atoms with van der Waals surface area (Å²) in [6.07, 6.45) is 0. The normalized spacial score (nSPS) is 9.44. The van der Waals surface area contributed by atoms with E-state index in [0.717, 1.165) is 0 Å². The van der Waals surface area contributed by atoms with Gasteiger partial charge in [0, 0.05) is 17.1 Å². The average molecular weight is 198 g/mol. The molecule has 0 aromatic carbocycles. The largest absolute Gasteiger partial charge is 0.429 e. The first kappa shape index (κ1) is 11.4. The second kappa shape index (κ2) is 3.62. The van der Waals surface area contributed by atoms with Crippen molar-refractivity contribution in [2.45, 2.75) is 0 Å². The Morgan fingerprint density at radius 1 is 1.56 bits per heavy atom. The molecule has 1 radical (unpaired) electrons. The van der Waals surface area contributed by atoms with Gasteiger partial charge in [-0.05, 0) is 0 Å². The molecule has 1 N–H and O–H groups in total. The van der Waals surface area contributed by atoms with Crippen molar-refractivity contribution in [1.29, 1.82) is 0 Å². The maximum absolute atomic E-state index is 9.33. The number of hydrogen-bond donors (Lipinski definition) is 1. The molecule has 0 saturated heterocycles. The summed E-state index contributed by atoms with van der Waals surface area (Å²) in [6, 6.07) is 0. The molecule has 0 aromatic rings. The first-order chi connectivity index (χ1) is 3.42. The molecule has 9 heteroatoms. The van der Waals surface area contributed by atoms with E-state index in [4.69, 9.17) is 14.7 Å². The minimum atomic E-state index is -4.92. The van der Waals surface area contributed by atoms with Gasteiger partial charge in [0.05, 0.1) is 0 Å². The molecular weight excluding hydrogens is 197 g/mol. The number of hydrogen-bond acceptors (Lipinski definition) is 5. The van der Waals surface area contributed by atoms with E-state index in [1.54, 1.807) is 0 Å². The van der Waals surface area contributed by atoms with Crippen LogP contribution in [0.5, 0.6) is 0 Å². The monoisotopic (exact) mass is 198 g/mol. The van der Waals surface area contributed by atoms with E-state index < -0.39 is 15.5 Å². The minimum absolute atomic E-state index is 0. The smallest absolute Gasteiger partial charge is 0.265 e. The fourth-order valence-electron chi connectivity index (χ4n) is 0.0769. The van der Waals surface area contributed by atoms with E-state index in [2.05, 4.69) is 4.28 Å². The maximum atomic E-state index is 9.33. The van der Waals surface area contributed by atoms with Gasteiger partial charge in [-0.3, -0.25) is 4.55 Å². The maximum Gasteiger partial charge on any atom is 0.429 e. The van der Waals surface area contributed by atoms with Crippen molar-refractivity contribution in [3.8, 4) is 0 Å². The van der Waals surface area contributed by atoms with Crippen molar-refractivity contribution in [3.05, 3.63) is 10.1 Å². The van der Waals surface area contributed by atoms with Crippen LogP contribution in [0.25, 0.3) is 0 Å². The third-order valence-corrected chi connectivity index (χ3v) is 0.465. The van der Waals surface area contributed by atoms with E-state index in [-0.39, 0.29) is 17.1 Å². The second-order valence-electron chi connectivity index (χ2n) is 0.726. The van der Waals surface area contributed by atoms with Gasteiger partial charge in [0.1, 0.15) is 0 Å². The molecular formula is HMnNO6S. The van der Waals surface area contributed by atoms with Crippen LogP contribution in [-0.2, 0) is 31.8 Å². The Kier molecular flexibility index (Phi) is 4.59. The summed E-state index contributed by atoms with van der Waals surface area (Å²) in [5.74, 6) is 0. The van der Waals surface area contributed by atoms with Gasteiger partial charge in [-0.1, -0.05) is 0 Å². The molecule has 7 nitrogen and oxygen atoms in total. The summed E-state index contributed by atoms with van der Waals surface area (Å²) >= 11 is 0. The topological polar surface area (TPSA) is 107 Å². The zero-order valence-electron chi connectivity index (χ0n) is 3.72. The van der Waals surface area contributed by atoms with Crippen LogP contribution in [0.1, 0.15) is 0 Å². The van der Waals surface area contributed by atoms with Crippen LogP contribution in [0.2, 0.25) is 0 Å². The standard InChI is InChI=1S/Mn.HNO6S/c;2-1(3)7-8(4,5)6/h;(H,4,5,6). The van der Waals surface area contributed by atoms with Gasteiger partial charge in [-0.25, -0.2) is 0 Å². The fraction of sp³-hybridized carbons (Fsp3) is 0. The van der Waals surface area contributed by atoms with Crippen molar-refractivity contribution >= 4 is 10.4 Å². The van der Waals surface area contributed by atoms with Gasteiger partial charge < -0.3 is 0 Å². The molecule has 0 aliphatic heterocycles. The molecule has 9 heavy (non-hydrogen) atoms. The Morgan fingerprint density at radius 2 is 1.89 bits per heavy atom. The van der Waals surface area contributed by atoms with E-state index >= 15 is 0 Å². The molecule has 0 bridgehead atoms. The summed E-state index contributed by atoms with van der Waals surface area (Å²) in [6.45, 7) is 0. The third kappa shape index (κ3) is 11.3. The van der Waals surface area contributed by atoms with Gasteiger partial charge in [0.25, 0.3) is 0 Å². The molecule has 0 rings (SSSR count). The second-order valence-corrected chi connectivity index (χ2v) is 1.73. The van der Waals surface area contributed by atoms with Crippen LogP contribution in [-0.4, -0.2) is 18.1 Å². The quantitative estimate of drug-likeness (QED) is 0.264. The number of nitrogens with zero attached hydrogens (tertiary/aromatic N) is 1. The van der Waals surface area contributed by atoms with Crippen molar-refractivity contribution in [2.24, 2.45) is 0 Å². The molecule has 0 heterocycles. The summed E-state index contributed by atoms with van der Waals surface area (Å²) < 4.78 is 28.9. The van der Waals surface area contributed by atoms with Gasteiger partial charge >= 0.3 is 15.5 Å². The van der Waals surface area contributed by atoms with E-state index in [1.165, 1.54) is 0 Å². The molecule has 0 atom stereocenters. The molecule has 0 aliphatic carbocycles. The summed E-state index contributed by atoms with van der Waals surface area (Å²) in [4.78, 5) is 9.06. The molecule has 0 saturated carbocycles. The van der Waals surface area contributed by atoms with Crippen LogP contribution in [0.15, 0.2) is 0 Å². The molecule has 55 valence electrons.